The normalized spacial score (nSPS) is 15.0. The van der Waals surface area contributed by atoms with E-state index in [0.29, 0.717) is 33.8 Å². The monoisotopic (exact) mass is 379 g/mol. The lowest BCUT2D eigenvalue weighted by Crippen LogP contribution is -2.34. The van der Waals surface area contributed by atoms with E-state index in [4.69, 9.17) is 4.52 Å². The van der Waals surface area contributed by atoms with E-state index in [0.717, 1.165) is 18.5 Å². The Hall–Kier alpha value is -3.22. The van der Waals surface area contributed by atoms with Crippen molar-refractivity contribution in [2.75, 3.05) is 0 Å². The van der Waals surface area contributed by atoms with Crippen molar-refractivity contribution in [3.05, 3.63) is 58.9 Å². The Morgan fingerprint density at radius 3 is 2.54 bits per heavy atom. The quantitative estimate of drug-likeness (QED) is 0.675. The zero-order valence-corrected chi connectivity index (χ0v) is 15.7. The lowest BCUT2D eigenvalue weighted by Gasteiger charge is -2.16. The van der Waals surface area contributed by atoms with Crippen molar-refractivity contribution in [3.8, 4) is 0 Å². The van der Waals surface area contributed by atoms with Crippen LogP contribution in [0.15, 0.2) is 40.9 Å². The largest absolute Gasteiger partial charge is 0.479 e. The minimum absolute atomic E-state index is 0.0331. The number of rotatable bonds is 6. The van der Waals surface area contributed by atoms with Gasteiger partial charge in [0.25, 0.3) is 11.6 Å². The Balaban J connectivity index is 1.77. The van der Waals surface area contributed by atoms with Crippen LogP contribution in [0.3, 0.4) is 0 Å². The number of nitrogens with zero attached hydrogens (tertiary/aromatic N) is 2. The number of carboxylic acids is 1. The minimum Gasteiger partial charge on any atom is -0.479 e. The molecule has 28 heavy (non-hydrogen) atoms. The average molecular weight is 379 g/mol. The highest BCUT2D eigenvalue weighted by atomic mass is 16.5. The smallest absolute Gasteiger partial charge is 0.330 e. The maximum absolute atomic E-state index is 13.1. The van der Waals surface area contributed by atoms with Gasteiger partial charge in [-0.2, -0.15) is 0 Å². The molecular weight excluding hydrogens is 358 g/mol. The zero-order chi connectivity index (χ0) is 19.8. The van der Waals surface area contributed by atoms with Crippen LogP contribution in [0.4, 0.5) is 0 Å². The maximum atomic E-state index is 13.1. The Morgan fingerprint density at radius 2 is 1.93 bits per heavy atom. The number of aliphatic carboxylic acids is 1. The second-order valence-electron chi connectivity index (χ2n) is 7.43. The number of carbonyl (C=O) groups excluding carboxylic acids is 1. The fourth-order valence-corrected chi connectivity index (χ4v) is 3.30. The van der Waals surface area contributed by atoms with Gasteiger partial charge in [0.15, 0.2) is 6.04 Å². The summed E-state index contributed by atoms with van der Waals surface area (Å²) < 4.78 is 5.40. The van der Waals surface area contributed by atoms with E-state index in [1.807, 2.05) is 13.8 Å². The van der Waals surface area contributed by atoms with Crippen LogP contribution >= 0.6 is 0 Å². The van der Waals surface area contributed by atoms with Gasteiger partial charge in [-0.1, -0.05) is 49.3 Å². The van der Waals surface area contributed by atoms with Crippen molar-refractivity contribution in [3.63, 3.8) is 0 Å². The van der Waals surface area contributed by atoms with Gasteiger partial charge < -0.3 is 14.9 Å². The summed E-state index contributed by atoms with van der Waals surface area (Å²) in [5.74, 6) is -1.25. The molecule has 144 valence electrons. The SMILES string of the molecule is CC(C)c1noc2nc(C3CC3)cc(C(=O)N[C@H](C(=O)O)c3ccccc3)c12. The lowest BCUT2D eigenvalue weighted by molar-refractivity contribution is -0.139. The maximum Gasteiger partial charge on any atom is 0.330 e. The van der Waals surface area contributed by atoms with E-state index < -0.39 is 17.9 Å². The number of amides is 1. The molecule has 1 aromatic carbocycles. The molecular formula is C21H21N3O4. The first kappa shape index (κ1) is 18.2. The van der Waals surface area contributed by atoms with E-state index in [9.17, 15) is 14.7 Å². The highest BCUT2D eigenvalue weighted by Gasteiger charge is 2.31. The lowest BCUT2D eigenvalue weighted by atomic mass is 10.0. The van der Waals surface area contributed by atoms with E-state index in [1.165, 1.54) is 0 Å². The van der Waals surface area contributed by atoms with E-state index in [1.54, 1.807) is 36.4 Å². The van der Waals surface area contributed by atoms with E-state index in [2.05, 4.69) is 15.5 Å². The first-order valence-electron chi connectivity index (χ1n) is 9.34. The van der Waals surface area contributed by atoms with Crippen molar-refractivity contribution < 1.29 is 19.2 Å². The fourth-order valence-electron chi connectivity index (χ4n) is 3.30. The van der Waals surface area contributed by atoms with E-state index >= 15 is 0 Å². The van der Waals surface area contributed by atoms with Gasteiger partial charge in [0.05, 0.1) is 16.6 Å². The number of hydrogen-bond donors (Lipinski definition) is 2. The molecule has 0 unspecified atom stereocenters. The van der Waals surface area contributed by atoms with Crippen LogP contribution in [-0.2, 0) is 4.79 Å². The van der Waals surface area contributed by atoms with Gasteiger partial charge in [-0.15, -0.1) is 0 Å². The van der Waals surface area contributed by atoms with Crippen LogP contribution in [0.2, 0.25) is 0 Å². The van der Waals surface area contributed by atoms with Crippen LogP contribution in [0.1, 0.15) is 71.9 Å². The molecule has 7 heteroatoms. The topological polar surface area (TPSA) is 105 Å². The molecule has 0 radical (unpaired) electrons. The summed E-state index contributed by atoms with van der Waals surface area (Å²) in [5, 5.41) is 16.9. The molecule has 1 amide bonds. The van der Waals surface area contributed by atoms with Crippen molar-refractivity contribution >= 4 is 23.0 Å². The molecule has 1 fully saturated rings. The molecule has 1 aliphatic carbocycles. The molecule has 1 saturated carbocycles. The Bertz CT molecular complexity index is 1040. The second kappa shape index (κ2) is 7.07. The Kier molecular flexibility index (Phi) is 4.58. The Labute approximate surface area is 161 Å². The summed E-state index contributed by atoms with van der Waals surface area (Å²) in [6.45, 7) is 3.91. The molecule has 0 saturated heterocycles. The zero-order valence-electron chi connectivity index (χ0n) is 15.7. The van der Waals surface area contributed by atoms with Crippen molar-refractivity contribution in [2.45, 2.75) is 44.6 Å². The third kappa shape index (κ3) is 3.35. The third-order valence-electron chi connectivity index (χ3n) is 4.94. The van der Waals surface area contributed by atoms with Gasteiger partial charge in [-0.05, 0) is 30.4 Å². The van der Waals surface area contributed by atoms with Crippen LogP contribution in [-0.4, -0.2) is 27.1 Å². The highest BCUT2D eigenvalue weighted by molar-refractivity contribution is 6.07. The van der Waals surface area contributed by atoms with Crippen molar-refractivity contribution in [1.82, 2.24) is 15.5 Å². The van der Waals surface area contributed by atoms with Gasteiger partial charge in [-0.3, -0.25) is 4.79 Å². The molecule has 0 spiro atoms. The van der Waals surface area contributed by atoms with Crippen LogP contribution in [0.5, 0.6) is 0 Å². The molecule has 2 heterocycles. The third-order valence-corrected chi connectivity index (χ3v) is 4.94. The summed E-state index contributed by atoms with van der Waals surface area (Å²) >= 11 is 0. The number of carboxylic acid groups (broad SMARTS) is 1. The highest BCUT2D eigenvalue weighted by Crippen LogP contribution is 2.41. The van der Waals surface area contributed by atoms with Crippen LogP contribution in [0, 0.1) is 0 Å². The summed E-state index contributed by atoms with van der Waals surface area (Å²) in [4.78, 5) is 29.5. The van der Waals surface area contributed by atoms with Gasteiger partial charge in [0.2, 0.25) is 0 Å². The molecule has 2 aromatic heterocycles. The molecule has 2 N–H and O–H groups in total. The number of carbonyl (C=O) groups is 2. The summed E-state index contributed by atoms with van der Waals surface area (Å²) in [7, 11) is 0. The molecule has 4 rings (SSSR count). The molecule has 1 aliphatic rings. The second-order valence-corrected chi connectivity index (χ2v) is 7.43. The summed E-state index contributed by atoms with van der Waals surface area (Å²) in [6.07, 6.45) is 2.04. The fraction of sp³-hybridized carbons (Fsp3) is 0.333. The molecule has 0 bridgehead atoms. The predicted octanol–water partition coefficient (Wildman–Crippen LogP) is 3.78. The van der Waals surface area contributed by atoms with Gasteiger partial charge >= 0.3 is 5.97 Å². The first-order chi connectivity index (χ1) is 13.5. The summed E-state index contributed by atoms with van der Waals surface area (Å²) in [6, 6.07) is 9.23. The van der Waals surface area contributed by atoms with Gasteiger partial charge in [-0.25, -0.2) is 9.78 Å². The molecule has 0 aliphatic heterocycles. The number of pyridine rings is 1. The molecule has 3 aromatic rings. The van der Waals surface area contributed by atoms with Gasteiger partial charge in [0, 0.05) is 11.6 Å². The number of benzene rings is 1. The Morgan fingerprint density at radius 1 is 1.21 bits per heavy atom. The average Bonchev–Trinajstić information content (AvgIpc) is 3.44. The predicted molar refractivity (Wildman–Crippen MR) is 102 cm³/mol. The standard InChI is InChI=1S/C21H21N3O4/c1-11(2)17-16-14(10-15(12-8-9-12)22-20(16)28-24-17)19(25)23-18(21(26)27)13-6-4-3-5-7-13/h3-7,10-12,18H,8-9H2,1-2H3,(H,23,25)(H,26,27)/t18-/m0/s1. The number of nitrogens with one attached hydrogen (secondary N) is 1. The summed E-state index contributed by atoms with van der Waals surface area (Å²) in [5.41, 5.74) is 2.62. The molecule has 1 atom stereocenters. The van der Waals surface area contributed by atoms with Crippen LogP contribution in [0.25, 0.3) is 11.1 Å². The van der Waals surface area contributed by atoms with Crippen LogP contribution < -0.4 is 5.32 Å². The number of hydrogen-bond acceptors (Lipinski definition) is 5. The first-order valence-corrected chi connectivity index (χ1v) is 9.34. The van der Waals surface area contributed by atoms with Gasteiger partial charge in [0.1, 0.15) is 0 Å². The van der Waals surface area contributed by atoms with Crippen molar-refractivity contribution in [1.29, 1.82) is 0 Å². The van der Waals surface area contributed by atoms with Crippen molar-refractivity contribution in [2.24, 2.45) is 0 Å². The van der Waals surface area contributed by atoms with E-state index in [-0.39, 0.29) is 5.92 Å². The number of fused-ring (bicyclic) bond motifs is 1. The molecule has 7 nitrogen and oxygen atoms in total. The minimum atomic E-state index is -1.15. The number of aromatic nitrogens is 2.